The molecule has 2 aromatic carbocycles. The number of aromatic amines is 1. The number of hydrogen-bond acceptors (Lipinski definition) is 4. The number of amides is 1. The van der Waals surface area contributed by atoms with E-state index >= 15 is 0 Å². The van der Waals surface area contributed by atoms with Crippen LogP contribution in [0.5, 0.6) is 5.75 Å². The molecule has 0 spiro atoms. The van der Waals surface area contributed by atoms with Gasteiger partial charge in [0, 0.05) is 31.1 Å². The van der Waals surface area contributed by atoms with Gasteiger partial charge < -0.3 is 15.0 Å². The van der Waals surface area contributed by atoms with Crippen molar-refractivity contribution in [2.24, 2.45) is 0 Å². The standard InChI is InChI=1S/C19H17F2N3O4/c1-28-16-9-14(21)13(20)8-11(16)10-22-17(25)6-7-24-18(26)12-4-2-3-5-15(12)23-19(24)27/h2-5,8-9H,6-7,10H2,1H3,(H,22,25)(H,23,27). The van der Waals surface area contributed by atoms with E-state index in [4.69, 9.17) is 4.74 Å². The summed E-state index contributed by atoms with van der Waals surface area (Å²) in [4.78, 5) is 39.2. The molecule has 28 heavy (non-hydrogen) atoms. The Morgan fingerprint density at radius 3 is 2.64 bits per heavy atom. The van der Waals surface area contributed by atoms with Crippen molar-refractivity contribution in [2.75, 3.05) is 7.11 Å². The second-order valence-corrected chi connectivity index (χ2v) is 6.04. The number of nitrogens with zero attached hydrogens (tertiary/aromatic N) is 1. The highest BCUT2D eigenvalue weighted by molar-refractivity contribution is 5.77. The minimum Gasteiger partial charge on any atom is -0.496 e. The van der Waals surface area contributed by atoms with Crippen molar-refractivity contribution in [2.45, 2.75) is 19.5 Å². The minimum atomic E-state index is -1.06. The van der Waals surface area contributed by atoms with Crippen LogP contribution in [0.15, 0.2) is 46.0 Å². The molecule has 0 fully saturated rings. The lowest BCUT2D eigenvalue weighted by Crippen LogP contribution is -2.36. The number of carbonyl (C=O) groups excluding carboxylic acids is 1. The number of para-hydroxylation sites is 1. The topological polar surface area (TPSA) is 93.2 Å². The first kappa shape index (κ1) is 19.3. The highest BCUT2D eigenvalue weighted by Crippen LogP contribution is 2.21. The van der Waals surface area contributed by atoms with Gasteiger partial charge in [-0.05, 0) is 18.2 Å². The van der Waals surface area contributed by atoms with Crippen LogP contribution in [0.3, 0.4) is 0 Å². The third-order valence-electron chi connectivity index (χ3n) is 4.25. The predicted molar refractivity (Wildman–Crippen MR) is 98.2 cm³/mol. The van der Waals surface area contributed by atoms with Gasteiger partial charge in [0.05, 0.1) is 18.0 Å². The lowest BCUT2D eigenvalue weighted by atomic mass is 10.2. The quantitative estimate of drug-likeness (QED) is 0.671. The number of carbonyl (C=O) groups is 1. The molecule has 0 saturated carbocycles. The van der Waals surface area contributed by atoms with E-state index < -0.39 is 28.8 Å². The fraction of sp³-hybridized carbons (Fsp3) is 0.211. The molecule has 146 valence electrons. The Labute approximate surface area is 157 Å². The zero-order chi connectivity index (χ0) is 20.3. The lowest BCUT2D eigenvalue weighted by molar-refractivity contribution is -0.121. The van der Waals surface area contributed by atoms with E-state index in [1.807, 2.05) is 0 Å². The van der Waals surface area contributed by atoms with E-state index in [2.05, 4.69) is 10.3 Å². The molecule has 3 aromatic rings. The molecule has 0 bridgehead atoms. The monoisotopic (exact) mass is 389 g/mol. The molecule has 2 N–H and O–H groups in total. The third kappa shape index (κ3) is 3.93. The molecular weight excluding hydrogens is 372 g/mol. The van der Waals surface area contributed by atoms with Gasteiger partial charge in [-0.25, -0.2) is 13.6 Å². The van der Waals surface area contributed by atoms with Gasteiger partial charge in [-0.3, -0.25) is 14.2 Å². The predicted octanol–water partition coefficient (Wildman–Crippen LogP) is 1.68. The average molecular weight is 389 g/mol. The molecular formula is C19H17F2N3O4. The van der Waals surface area contributed by atoms with Gasteiger partial charge >= 0.3 is 5.69 Å². The van der Waals surface area contributed by atoms with Crippen LogP contribution < -0.4 is 21.3 Å². The van der Waals surface area contributed by atoms with E-state index in [1.54, 1.807) is 24.3 Å². The molecule has 1 aromatic heterocycles. The molecule has 1 amide bonds. The molecule has 7 nitrogen and oxygen atoms in total. The smallest absolute Gasteiger partial charge is 0.328 e. The van der Waals surface area contributed by atoms with Crippen LogP contribution in [0.1, 0.15) is 12.0 Å². The Kier molecular flexibility index (Phi) is 5.53. The van der Waals surface area contributed by atoms with Gasteiger partial charge in [-0.2, -0.15) is 0 Å². The van der Waals surface area contributed by atoms with Crippen molar-refractivity contribution >= 4 is 16.8 Å². The molecule has 0 unspecified atom stereocenters. The molecule has 9 heteroatoms. The molecule has 0 aliphatic heterocycles. The van der Waals surface area contributed by atoms with Crippen molar-refractivity contribution in [3.63, 3.8) is 0 Å². The molecule has 3 rings (SSSR count). The van der Waals surface area contributed by atoms with E-state index in [0.29, 0.717) is 10.9 Å². The SMILES string of the molecule is COc1cc(F)c(F)cc1CNC(=O)CCn1c(=O)[nH]c2ccccc2c1=O. The van der Waals surface area contributed by atoms with Crippen molar-refractivity contribution < 1.29 is 18.3 Å². The van der Waals surface area contributed by atoms with Crippen LogP contribution in [0.25, 0.3) is 10.9 Å². The van der Waals surface area contributed by atoms with Crippen LogP contribution in [-0.4, -0.2) is 22.6 Å². The maximum Gasteiger partial charge on any atom is 0.328 e. The fourth-order valence-corrected chi connectivity index (χ4v) is 2.80. The van der Waals surface area contributed by atoms with E-state index in [1.165, 1.54) is 7.11 Å². The van der Waals surface area contributed by atoms with Crippen LogP contribution in [-0.2, 0) is 17.9 Å². The van der Waals surface area contributed by atoms with Gasteiger partial charge in [0.1, 0.15) is 5.75 Å². The first-order valence-electron chi connectivity index (χ1n) is 8.41. The molecule has 0 aliphatic carbocycles. The van der Waals surface area contributed by atoms with Gasteiger partial charge in [0.2, 0.25) is 5.91 Å². The Bertz CT molecular complexity index is 1150. The number of hydrogen-bond donors (Lipinski definition) is 2. The number of fused-ring (bicyclic) bond motifs is 1. The number of aromatic nitrogens is 2. The van der Waals surface area contributed by atoms with Gasteiger partial charge in [0.25, 0.3) is 5.56 Å². The number of benzene rings is 2. The van der Waals surface area contributed by atoms with Crippen molar-refractivity contribution in [1.29, 1.82) is 0 Å². The lowest BCUT2D eigenvalue weighted by Gasteiger charge is -2.11. The van der Waals surface area contributed by atoms with Gasteiger partial charge in [0.15, 0.2) is 11.6 Å². The average Bonchev–Trinajstić information content (AvgIpc) is 2.68. The zero-order valence-corrected chi connectivity index (χ0v) is 14.9. The maximum atomic E-state index is 13.4. The Morgan fingerprint density at radius 1 is 1.18 bits per heavy atom. The van der Waals surface area contributed by atoms with Gasteiger partial charge in [-0.15, -0.1) is 0 Å². The second kappa shape index (κ2) is 8.03. The van der Waals surface area contributed by atoms with Crippen molar-refractivity contribution in [3.8, 4) is 5.75 Å². The molecule has 0 aliphatic rings. The number of halogens is 2. The Balaban J connectivity index is 1.69. The Hall–Kier alpha value is -3.49. The summed E-state index contributed by atoms with van der Waals surface area (Å²) < 4.78 is 32.5. The second-order valence-electron chi connectivity index (χ2n) is 6.04. The molecule has 1 heterocycles. The molecule has 0 saturated heterocycles. The number of rotatable bonds is 6. The number of methoxy groups -OCH3 is 1. The van der Waals surface area contributed by atoms with Gasteiger partial charge in [-0.1, -0.05) is 12.1 Å². The fourth-order valence-electron chi connectivity index (χ4n) is 2.80. The summed E-state index contributed by atoms with van der Waals surface area (Å²) in [5.41, 5.74) is -0.424. The summed E-state index contributed by atoms with van der Waals surface area (Å²) in [7, 11) is 1.30. The van der Waals surface area contributed by atoms with E-state index in [-0.39, 0.29) is 30.8 Å². The first-order valence-corrected chi connectivity index (χ1v) is 8.41. The Morgan fingerprint density at radius 2 is 1.89 bits per heavy atom. The molecule has 0 atom stereocenters. The first-order chi connectivity index (χ1) is 13.4. The van der Waals surface area contributed by atoms with Crippen molar-refractivity contribution in [1.82, 2.24) is 14.9 Å². The molecule has 0 radical (unpaired) electrons. The largest absolute Gasteiger partial charge is 0.496 e. The summed E-state index contributed by atoms with van der Waals surface area (Å²) in [6.45, 7) is -0.220. The highest BCUT2D eigenvalue weighted by atomic mass is 19.2. The number of nitrogens with one attached hydrogen (secondary N) is 2. The normalized spacial score (nSPS) is 10.8. The number of ether oxygens (including phenoxy) is 1. The van der Waals surface area contributed by atoms with Crippen LogP contribution in [0.4, 0.5) is 8.78 Å². The number of H-pyrrole nitrogens is 1. The summed E-state index contributed by atoms with van der Waals surface area (Å²) in [6, 6.07) is 8.40. The summed E-state index contributed by atoms with van der Waals surface area (Å²) in [5, 5.41) is 2.87. The summed E-state index contributed by atoms with van der Waals surface area (Å²) >= 11 is 0. The minimum absolute atomic E-state index is 0.0951. The summed E-state index contributed by atoms with van der Waals surface area (Å²) in [6.07, 6.45) is -0.146. The summed E-state index contributed by atoms with van der Waals surface area (Å²) in [5.74, 6) is -2.48. The van der Waals surface area contributed by atoms with Crippen LogP contribution >= 0.6 is 0 Å². The zero-order valence-electron chi connectivity index (χ0n) is 14.9. The van der Waals surface area contributed by atoms with Crippen LogP contribution in [0, 0.1) is 11.6 Å². The van der Waals surface area contributed by atoms with Crippen molar-refractivity contribution in [3.05, 3.63) is 74.4 Å². The maximum absolute atomic E-state index is 13.4. The van der Waals surface area contributed by atoms with Crippen LogP contribution in [0.2, 0.25) is 0 Å². The van der Waals surface area contributed by atoms with E-state index in [0.717, 1.165) is 16.7 Å². The highest BCUT2D eigenvalue weighted by Gasteiger charge is 2.13. The third-order valence-corrected chi connectivity index (χ3v) is 4.25. The van der Waals surface area contributed by atoms with E-state index in [9.17, 15) is 23.2 Å².